The molecule has 0 N–H and O–H groups in total. The minimum atomic E-state index is -0.0335. The van der Waals surface area contributed by atoms with E-state index < -0.39 is 0 Å². The molecule has 0 spiro atoms. The maximum absolute atomic E-state index is 12.1. The number of Topliss-reactive ketones (excluding diaryl/α,β-unsaturated/α-hetero) is 1. The molecule has 3 aromatic rings. The molecule has 0 unspecified atom stereocenters. The van der Waals surface area contributed by atoms with Crippen LogP contribution in [0.4, 0.5) is 0 Å². The highest BCUT2D eigenvalue weighted by Gasteiger charge is 2.29. The van der Waals surface area contributed by atoms with Crippen molar-refractivity contribution in [1.29, 1.82) is 0 Å². The summed E-state index contributed by atoms with van der Waals surface area (Å²) >= 11 is 3.12. The average molecular weight is 371 g/mol. The number of carbonyl (C=O) groups is 1. The van der Waals surface area contributed by atoms with E-state index in [4.69, 9.17) is 4.74 Å². The van der Waals surface area contributed by atoms with Crippen molar-refractivity contribution < 1.29 is 9.53 Å². The minimum Gasteiger partial charge on any atom is -0.495 e. The molecule has 1 aliphatic rings. The second-order valence-electron chi connectivity index (χ2n) is 5.76. The first kappa shape index (κ1) is 16.4. The summed E-state index contributed by atoms with van der Waals surface area (Å²) in [5.41, 5.74) is 0.881. The first-order chi connectivity index (χ1) is 12.3. The number of hydrogen-bond acceptors (Lipinski definition) is 6. The molecule has 0 bridgehead atoms. The van der Waals surface area contributed by atoms with Crippen LogP contribution in [0, 0.1) is 0 Å². The smallest absolute Gasteiger partial charge is 0.196 e. The Kier molecular flexibility index (Phi) is 4.59. The quantitative estimate of drug-likeness (QED) is 0.672. The molecule has 1 fully saturated rings. The van der Waals surface area contributed by atoms with Gasteiger partial charge in [0.05, 0.1) is 22.9 Å². The molecular formula is C18H17N3O2S2. The van der Waals surface area contributed by atoms with Crippen LogP contribution in [-0.2, 0) is 4.79 Å². The molecule has 128 valence electrons. The molecular weight excluding hydrogens is 354 g/mol. The van der Waals surface area contributed by atoms with Crippen molar-refractivity contribution in [2.45, 2.75) is 29.7 Å². The van der Waals surface area contributed by atoms with Gasteiger partial charge in [0.25, 0.3) is 0 Å². The summed E-state index contributed by atoms with van der Waals surface area (Å²) in [5, 5.41) is 11.5. The van der Waals surface area contributed by atoms with Crippen LogP contribution in [0.25, 0.3) is 16.4 Å². The molecule has 0 radical (unpaired) electrons. The van der Waals surface area contributed by atoms with Crippen LogP contribution in [0.15, 0.2) is 46.9 Å². The third-order valence-corrected chi connectivity index (χ3v) is 6.32. The number of thiophene rings is 1. The van der Waals surface area contributed by atoms with E-state index in [0.717, 1.165) is 40.1 Å². The first-order valence-corrected chi connectivity index (χ1v) is 9.86. The molecule has 1 atom stereocenters. The Morgan fingerprint density at radius 3 is 2.84 bits per heavy atom. The fourth-order valence-corrected chi connectivity index (χ4v) is 4.84. The zero-order chi connectivity index (χ0) is 17.2. The van der Waals surface area contributed by atoms with E-state index in [2.05, 4.69) is 10.2 Å². The molecule has 1 aliphatic carbocycles. The van der Waals surface area contributed by atoms with Gasteiger partial charge >= 0.3 is 0 Å². The average Bonchev–Trinajstić information content (AvgIpc) is 3.37. The molecule has 1 saturated carbocycles. The van der Waals surface area contributed by atoms with Gasteiger partial charge in [0.1, 0.15) is 11.5 Å². The molecule has 2 heterocycles. The van der Waals surface area contributed by atoms with E-state index in [9.17, 15) is 4.79 Å². The predicted octanol–water partition coefficient (Wildman–Crippen LogP) is 4.22. The summed E-state index contributed by atoms with van der Waals surface area (Å²) in [7, 11) is 1.65. The second kappa shape index (κ2) is 7.01. The van der Waals surface area contributed by atoms with Crippen LogP contribution >= 0.6 is 23.1 Å². The summed E-state index contributed by atoms with van der Waals surface area (Å²) in [5.74, 6) is 1.82. The Morgan fingerprint density at radius 1 is 1.24 bits per heavy atom. The van der Waals surface area contributed by atoms with E-state index in [0.29, 0.717) is 12.2 Å². The monoisotopic (exact) mass is 371 g/mol. The predicted molar refractivity (Wildman–Crippen MR) is 99.7 cm³/mol. The van der Waals surface area contributed by atoms with Crippen molar-refractivity contribution in [2.75, 3.05) is 7.11 Å². The molecule has 5 nitrogen and oxygen atoms in total. The van der Waals surface area contributed by atoms with E-state index in [1.807, 2.05) is 46.3 Å². The highest BCUT2D eigenvalue weighted by molar-refractivity contribution is 8.00. The van der Waals surface area contributed by atoms with Gasteiger partial charge in [-0.05, 0) is 36.4 Å². The van der Waals surface area contributed by atoms with Crippen LogP contribution in [0.5, 0.6) is 5.75 Å². The molecule has 2 aromatic heterocycles. The number of para-hydroxylation sites is 2. The zero-order valence-corrected chi connectivity index (χ0v) is 15.3. The Bertz CT molecular complexity index is 890. The SMILES string of the molecule is COc1ccccc1-n1c(S[C@@H]2CCCC2=O)nnc1-c1cccs1. The number of rotatable bonds is 5. The number of ether oxygens (including phenoxy) is 1. The number of aromatic nitrogens is 3. The summed E-state index contributed by atoms with van der Waals surface area (Å²) in [4.78, 5) is 13.1. The van der Waals surface area contributed by atoms with Gasteiger partial charge in [0, 0.05) is 6.42 Å². The first-order valence-electron chi connectivity index (χ1n) is 8.10. The maximum atomic E-state index is 12.1. The van der Waals surface area contributed by atoms with Crippen molar-refractivity contribution in [3.8, 4) is 22.1 Å². The van der Waals surface area contributed by atoms with Gasteiger partial charge in [-0.15, -0.1) is 21.5 Å². The summed E-state index contributed by atoms with van der Waals surface area (Å²) < 4.78 is 7.54. The highest BCUT2D eigenvalue weighted by Crippen LogP contribution is 2.37. The van der Waals surface area contributed by atoms with Crippen molar-refractivity contribution in [3.05, 3.63) is 41.8 Å². The summed E-state index contributed by atoms with van der Waals surface area (Å²) in [6.45, 7) is 0. The summed E-state index contributed by atoms with van der Waals surface area (Å²) in [6, 6.07) is 11.8. The van der Waals surface area contributed by atoms with E-state index in [1.165, 1.54) is 11.8 Å². The Hall–Kier alpha value is -2.12. The van der Waals surface area contributed by atoms with Gasteiger partial charge in [0.2, 0.25) is 0 Å². The van der Waals surface area contributed by atoms with E-state index in [1.54, 1.807) is 18.4 Å². The molecule has 7 heteroatoms. The number of nitrogens with zero attached hydrogens (tertiary/aromatic N) is 3. The normalized spacial score (nSPS) is 17.2. The minimum absolute atomic E-state index is 0.0335. The fourth-order valence-electron chi connectivity index (χ4n) is 2.98. The second-order valence-corrected chi connectivity index (χ2v) is 7.87. The van der Waals surface area contributed by atoms with Crippen LogP contribution in [0.1, 0.15) is 19.3 Å². The van der Waals surface area contributed by atoms with Gasteiger partial charge in [-0.25, -0.2) is 0 Å². The third kappa shape index (κ3) is 3.09. The lowest BCUT2D eigenvalue weighted by Gasteiger charge is -2.14. The van der Waals surface area contributed by atoms with Gasteiger partial charge in [-0.2, -0.15) is 0 Å². The van der Waals surface area contributed by atoms with Crippen molar-refractivity contribution in [3.63, 3.8) is 0 Å². The van der Waals surface area contributed by atoms with Crippen molar-refractivity contribution in [2.24, 2.45) is 0 Å². The van der Waals surface area contributed by atoms with Gasteiger partial charge < -0.3 is 4.74 Å². The fraction of sp³-hybridized carbons (Fsp3) is 0.278. The largest absolute Gasteiger partial charge is 0.495 e. The topological polar surface area (TPSA) is 57.0 Å². The number of ketones is 1. The molecule has 0 saturated heterocycles. The van der Waals surface area contributed by atoms with E-state index in [-0.39, 0.29) is 5.25 Å². The lowest BCUT2D eigenvalue weighted by Crippen LogP contribution is -2.10. The molecule has 0 aliphatic heterocycles. The lowest BCUT2D eigenvalue weighted by atomic mass is 10.3. The Balaban J connectivity index is 1.83. The number of hydrogen-bond donors (Lipinski definition) is 0. The number of methoxy groups -OCH3 is 1. The highest BCUT2D eigenvalue weighted by atomic mass is 32.2. The van der Waals surface area contributed by atoms with Crippen LogP contribution in [0.3, 0.4) is 0 Å². The number of thioether (sulfide) groups is 1. The Morgan fingerprint density at radius 2 is 2.12 bits per heavy atom. The Labute approximate surface area is 154 Å². The summed E-state index contributed by atoms with van der Waals surface area (Å²) in [6.07, 6.45) is 2.52. The lowest BCUT2D eigenvalue weighted by molar-refractivity contribution is -0.116. The van der Waals surface area contributed by atoms with Gasteiger partial charge in [0.15, 0.2) is 11.0 Å². The molecule has 0 amide bonds. The standard InChI is InChI=1S/C18H17N3O2S2/c1-23-14-8-3-2-6-12(14)21-17(16-10-5-11-24-16)19-20-18(21)25-15-9-4-7-13(15)22/h2-3,5-6,8,10-11,15H,4,7,9H2,1H3/t15-/m1/s1. The van der Waals surface area contributed by atoms with Crippen LogP contribution in [-0.4, -0.2) is 32.9 Å². The number of carbonyl (C=O) groups excluding carboxylic acids is 1. The maximum Gasteiger partial charge on any atom is 0.196 e. The molecule has 1 aromatic carbocycles. The zero-order valence-electron chi connectivity index (χ0n) is 13.7. The molecule has 4 rings (SSSR count). The van der Waals surface area contributed by atoms with E-state index >= 15 is 0 Å². The van der Waals surface area contributed by atoms with Crippen LogP contribution < -0.4 is 4.74 Å². The van der Waals surface area contributed by atoms with Crippen molar-refractivity contribution in [1.82, 2.24) is 14.8 Å². The van der Waals surface area contributed by atoms with Crippen molar-refractivity contribution >= 4 is 28.9 Å². The van der Waals surface area contributed by atoms with Gasteiger partial charge in [-0.3, -0.25) is 9.36 Å². The van der Waals surface area contributed by atoms with Crippen LogP contribution in [0.2, 0.25) is 0 Å². The molecule has 25 heavy (non-hydrogen) atoms. The third-order valence-electron chi connectivity index (χ3n) is 4.20. The van der Waals surface area contributed by atoms with Gasteiger partial charge in [-0.1, -0.05) is 30.0 Å². The number of benzene rings is 1.